The van der Waals surface area contributed by atoms with Crippen LogP contribution in [0.1, 0.15) is 40.2 Å². The third-order valence-corrected chi connectivity index (χ3v) is 7.82. The van der Waals surface area contributed by atoms with Gasteiger partial charge in [-0.05, 0) is 34.1 Å². The average Bonchev–Trinajstić information content (AvgIpc) is 3.59. The molecule has 0 spiro atoms. The maximum Gasteiger partial charge on any atom is 0.510 e. The van der Waals surface area contributed by atoms with E-state index in [1.165, 1.54) is 6.33 Å². The Labute approximate surface area is 241 Å². The van der Waals surface area contributed by atoms with Gasteiger partial charge in [0.2, 0.25) is 13.6 Å². The lowest BCUT2D eigenvalue weighted by Crippen LogP contribution is -2.20. The Kier molecular flexibility index (Phi) is 12.9. The first-order valence-corrected chi connectivity index (χ1v) is 15.7. The Balaban J connectivity index is 1.57. The van der Waals surface area contributed by atoms with Crippen molar-refractivity contribution in [3.63, 3.8) is 0 Å². The molecule has 0 saturated carbocycles. The quantitative estimate of drug-likeness (QED) is 0.124. The number of hydrogen-bond acceptors (Lipinski definition) is 16. The monoisotopic (exact) mass is 621 g/mol. The van der Waals surface area contributed by atoms with Crippen LogP contribution in [0.4, 0.5) is 15.4 Å². The summed E-state index contributed by atoms with van der Waals surface area (Å²) >= 11 is 1.80. The SMILES string of the molecule is CC(C)OC(=O)OCOP(=O)(COCCC(CO)n1cnc2c(N3CCSC3)ncnc21)OCOC(=O)OC(C)C. The van der Waals surface area contributed by atoms with Crippen molar-refractivity contribution >= 4 is 48.7 Å². The first-order valence-electron chi connectivity index (χ1n) is 12.9. The lowest BCUT2D eigenvalue weighted by atomic mass is 10.2. The molecular weight excluding hydrogens is 585 g/mol. The number of carbonyl (C=O) groups is 2. The highest BCUT2D eigenvalue weighted by Gasteiger charge is 2.28. The van der Waals surface area contributed by atoms with Gasteiger partial charge in [-0.25, -0.2) is 24.5 Å². The van der Waals surface area contributed by atoms with Gasteiger partial charge in [-0.1, -0.05) is 0 Å². The Morgan fingerprint density at radius 3 is 2.27 bits per heavy atom. The zero-order valence-corrected chi connectivity index (χ0v) is 25.1. The number of aliphatic hydroxyl groups is 1. The van der Waals surface area contributed by atoms with E-state index in [2.05, 4.69) is 19.9 Å². The van der Waals surface area contributed by atoms with Crippen molar-refractivity contribution in [3.05, 3.63) is 12.7 Å². The van der Waals surface area contributed by atoms with Gasteiger partial charge in [0.1, 0.15) is 12.7 Å². The fraction of sp³-hybridized carbons (Fsp3) is 0.696. The highest BCUT2D eigenvalue weighted by molar-refractivity contribution is 7.99. The van der Waals surface area contributed by atoms with Crippen molar-refractivity contribution in [2.24, 2.45) is 0 Å². The maximum atomic E-state index is 13.2. The molecule has 18 heteroatoms. The number of carbonyl (C=O) groups excluding carboxylic acids is 2. The minimum atomic E-state index is -4.08. The second-order valence-electron chi connectivity index (χ2n) is 9.21. The molecule has 1 saturated heterocycles. The van der Waals surface area contributed by atoms with Crippen LogP contribution in [0, 0.1) is 0 Å². The van der Waals surface area contributed by atoms with Crippen LogP contribution in [0.3, 0.4) is 0 Å². The van der Waals surface area contributed by atoms with Crippen LogP contribution in [0.5, 0.6) is 0 Å². The van der Waals surface area contributed by atoms with E-state index in [9.17, 15) is 19.3 Å². The minimum absolute atomic E-state index is 0.0226. The molecule has 16 nitrogen and oxygen atoms in total. The van der Waals surface area contributed by atoms with E-state index in [0.717, 1.165) is 24.0 Å². The number of aliphatic hydroxyl groups excluding tert-OH is 1. The molecule has 1 N–H and O–H groups in total. The molecule has 0 radical (unpaired) electrons. The molecule has 1 atom stereocenters. The van der Waals surface area contributed by atoms with Gasteiger partial charge in [-0.2, -0.15) is 0 Å². The molecule has 1 unspecified atom stereocenters. The molecule has 2 aromatic rings. The van der Waals surface area contributed by atoms with Gasteiger partial charge < -0.3 is 38.3 Å². The van der Waals surface area contributed by atoms with E-state index in [0.29, 0.717) is 11.2 Å². The largest absolute Gasteiger partial charge is 0.510 e. The van der Waals surface area contributed by atoms with Gasteiger partial charge in [0.25, 0.3) is 0 Å². The number of imidazole rings is 1. The van der Waals surface area contributed by atoms with Crippen molar-refractivity contribution in [1.82, 2.24) is 19.5 Å². The zero-order valence-electron chi connectivity index (χ0n) is 23.4. The molecule has 0 bridgehead atoms. The molecule has 230 valence electrons. The number of ether oxygens (including phenoxy) is 5. The van der Waals surface area contributed by atoms with Crippen LogP contribution < -0.4 is 4.90 Å². The molecule has 1 aliphatic heterocycles. The number of aromatic nitrogens is 4. The summed E-state index contributed by atoms with van der Waals surface area (Å²) in [6, 6.07) is -0.458. The molecule has 0 aromatic carbocycles. The summed E-state index contributed by atoms with van der Waals surface area (Å²) in [5.74, 6) is 2.55. The first-order chi connectivity index (χ1) is 19.6. The summed E-state index contributed by atoms with van der Waals surface area (Å²) < 4.78 is 49.9. The first kappa shape index (κ1) is 32.8. The van der Waals surface area contributed by atoms with Crippen LogP contribution in [0.2, 0.25) is 0 Å². The predicted octanol–water partition coefficient (Wildman–Crippen LogP) is 3.50. The van der Waals surface area contributed by atoms with Crippen molar-refractivity contribution in [2.75, 3.05) is 56.2 Å². The Hall–Kier alpha value is -2.69. The van der Waals surface area contributed by atoms with Crippen molar-refractivity contribution in [1.29, 1.82) is 0 Å². The van der Waals surface area contributed by atoms with Gasteiger partial charge in [-0.15, -0.1) is 11.8 Å². The predicted molar refractivity (Wildman–Crippen MR) is 146 cm³/mol. The van der Waals surface area contributed by atoms with Gasteiger partial charge in [0.05, 0.1) is 37.1 Å². The van der Waals surface area contributed by atoms with E-state index in [4.69, 9.17) is 32.7 Å². The van der Waals surface area contributed by atoms with Crippen LogP contribution in [0.15, 0.2) is 12.7 Å². The number of thioether (sulfide) groups is 1. The number of nitrogens with zero attached hydrogens (tertiary/aromatic N) is 5. The Bertz CT molecular complexity index is 1150. The number of hydrogen-bond donors (Lipinski definition) is 1. The molecule has 0 amide bonds. The molecular formula is C23H36N5O11PS. The summed E-state index contributed by atoms with van der Waals surface area (Å²) in [4.78, 5) is 38.5. The molecule has 3 heterocycles. The number of anilines is 1. The highest BCUT2D eigenvalue weighted by atomic mass is 32.2. The molecule has 41 heavy (non-hydrogen) atoms. The Morgan fingerprint density at radius 1 is 1.05 bits per heavy atom. The van der Waals surface area contributed by atoms with E-state index >= 15 is 0 Å². The second kappa shape index (κ2) is 16.1. The van der Waals surface area contributed by atoms with Crippen LogP contribution in [-0.4, -0.2) is 100 Å². The van der Waals surface area contributed by atoms with E-state index < -0.39 is 58.1 Å². The third-order valence-electron chi connectivity index (χ3n) is 5.36. The standard InChI is InChI=1S/C23H36N5O11PS/c1-16(2)38-22(30)34-13-36-40(32,37-14-35-23(31)39-17(3)4)15-33-7-5-18(9-29)28-11-26-19-20(24-10-25-21(19)28)27-6-8-41-12-27/h10-11,16-18,29H,5-9,12-15H2,1-4H3. The third kappa shape index (κ3) is 10.3. The number of rotatable bonds is 16. The van der Waals surface area contributed by atoms with Gasteiger partial charge in [0, 0.05) is 18.9 Å². The topological polar surface area (TPSA) is 183 Å². The average molecular weight is 622 g/mol. The molecule has 0 aliphatic carbocycles. The summed E-state index contributed by atoms with van der Waals surface area (Å²) in [6.07, 6.45) is -0.152. The van der Waals surface area contributed by atoms with Crippen LogP contribution in [0.25, 0.3) is 11.2 Å². The van der Waals surface area contributed by atoms with Gasteiger partial charge in [0.15, 0.2) is 17.0 Å². The lowest BCUT2D eigenvalue weighted by Gasteiger charge is -2.20. The fourth-order valence-corrected chi connectivity index (χ4v) is 5.46. The summed E-state index contributed by atoms with van der Waals surface area (Å²) in [5, 5.41) is 10.1. The normalized spacial score (nSPS) is 14.6. The second-order valence-corrected chi connectivity index (χ2v) is 12.3. The minimum Gasteiger partial charge on any atom is -0.432 e. The molecule has 1 fully saturated rings. The lowest BCUT2D eigenvalue weighted by molar-refractivity contribution is -0.0345. The van der Waals surface area contributed by atoms with Crippen LogP contribution >= 0.6 is 19.4 Å². The molecule has 3 rings (SSSR count). The van der Waals surface area contributed by atoms with Crippen molar-refractivity contribution < 1.29 is 52.0 Å². The summed E-state index contributed by atoms with van der Waals surface area (Å²) in [5.41, 5.74) is 1.20. The zero-order chi connectivity index (χ0) is 29.8. The van der Waals surface area contributed by atoms with E-state index in [-0.39, 0.29) is 19.6 Å². The fourth-order valence-electron chi connectivity index (χ4n) is 3.51. The van der Waals surface area contributed by atoms with E-state index in [1.54, 1.807) is 50.4 Å². The maximum absolute atomic E-state index is 13.2. The molecule has 2 aromatic heterocycles. The summed E-state index contributed by atoms with van der Waals surface area (Å²) in [7, 11) is -4.08. The number of fused-ring (bicyclic) bond motifs is 1. The molecule has 1 aliphatic rings. The summed E-state index contributed by atoms with van der Waals surface area (Å²) in [6.45, 7) is 5.63. The van der Waals surface area contributed by atoms with Crippen LogP contribution in [-0.2, 0) is 37.3 Å². The van der Waals surface area contributed by atoms with Gasteiger partial charge >= 0.3 is 19.9 Å². The van der Waals surface area contributed by atoms with Crippen molar-refractivity contribution in [2.45, 2.75) is 52.4 Å². The van der Waals surface area contributed by atoms with E-state index in [1.807, 2.05) is 0 Å². The smallest absolute Gasteiger partial charge is 0.432 e. The van der Waals surface area contributed by atoms with Gasteiger partial charge in [-0.3, -0.25) is 13.6 Å². The Morgan fingerprint density at radius 2 is 1.71 bits per heavy atom. The highest BCUT2D eigenvalue weighted by Crippen LogP contribution is 2.48. The van der Waals surface area contributed by atoms with Crippen molar-refractivity contribution in [3.8, 4) is 0 Å².